The van der Waals surface area contributed by atoms with E-state index in [1.54, 1.807) is 18.2 Å². The number of rotatable bonds is 2. The smallest absolute Gasteiger partial charge is 0.253 e. The van der Waals surface area contributed by atoms with Crippen LogP contribution in [0.15, 0.2) is 24.3 Å². The third-order valence-corrected chi connectivity index (χ3v) is 5.36. The standard InChI is InChI=1S/C19H25N3O/c1-14-8-9-15(2)22(14)18-7-4-10-21(13-18)19(23)17-6-3-5-16(11-17)12-20/h3,5-6,11,14-15,18H,4,7-10,13H2,1-2H3. The van der Waals surface area contributed by atoms with Gasteiger partial charge in [-0.25, -0.2) is 0 Å². The van der Waals surface area contributed by atoms with Gasteiger partial charge >= 0.3 is 0 Å². The summed E-state index contributed by atoms with van der Waals surface area (Å²) in [4.78, 5) is 17.4. The molecule has 4 heteroatoms. The van der Waals surface area contributed by atoms with Gasteiger partial charge < -0.3 is 4.90 Å². The van der Waals surface area contributed by atoms with Crippen LogP contribution in [0.4, 0.5) is 0 Å². The molecular formula is C19H25N3O. The lowest BCUT2D eigenvalue weighted by Gasteiger charge is -2.41. The SMILES string of the molecule is CC1CCC(C)N1C1CCCN(C(=O)c2cccc(C#N)c2)C1. The van der Waals surface area contributed by atoms with Crippen LogP contribution in [0.5, 0.6) is 0 Å². The van der Waals surface area contributed by atoms with Gasteiger partial charge in [0, 0.05) is 36.8 Å². The molecule has 2 aliphatic rings. The van der Waals surface area contributed by atoms with Crippen LogP contribution in [0.3, 0.4) is 0 Å². The minimum Gasteiger partial charge on any atom is -0.337 e. The van der Waals surface area contributed by atoms with E-state index >= 15 is 0 Å². The van der Waals surface area contributed by atoms with Crippen LogP contribution in [0, 0.1) is 11.3 Å². The van der Waals surface area contributed by atoms with Gasteiger partial charge in [0.1, 0.15) is 0 Å². The first-order chi connectivity index (χ1) is 11.1. The highest BCUT2D eigenvalue weighted by Gasteiger charge is 2.36. The number of hydrogen-bond acceptors (Lipinski definition) is 3. The average Bonchev–Trinajstić information content (AvgIpc) is 2.93. The van der Waals surface area contributed by atoms with Crippen molar-refractivity contribution in [2.45, 2.75) is 57.7 Å². The van der Waals surface area contributed by atoms with Crippen molar-refractivity contribution in [2.75, 3.05) is 13.1 Å². The van der Waals surface area contributed by atoms with Crippen molar-refractivity contribution in [3.63, 3.8) is 0 Å². The summed E-state index contributed by atoms with van der Waals surface area (Å²) in [5, 5.41) is 9.02. The van der Waals surface area contributed by atoms with Crippen molar-refractivity contribution in [3.8, 4) is 6.07 Å². The molecule has 23 heavy (non-hydrogen) atoms. The molecule has 0 bridgehead atoms. The third-order valence-electron chi connectivity index (χ3n) is 5.36. The molecule has 0 N–H and O–H groups in total. The molecule has 3 rings (SSSR count). The Morgan fingerprint density at radius 3 is 2.65 bits per heavy atom. The lowest BCUT2D eigenvalue weighted by Crippen LogP contribution is -2.52. The van der Waals surface area contributed by atoms with Crippen LogP contribution >= 0.6 is 0 Å². The number of piperidine rings is 1. The van der Waals surface area contributed by atoms with Gasteiger partial charge in [-0.05, 0) is 57.7 Å². The Balaban J connectivity index is 1.73. The number of carbonyl (C=O) groups excluding carboxylic acids is 1. The van der Waals surface area contributed by atoms with E-state index in [9.17, 15) is 4.79 Å². The zero-order valence-electron chi connectivity index (χ0n) is 14.0. The Hall–Kier alpha value is -1.86. The number of likely N-dealkylation sites (tertiary alicyclic amines) is 2. The highest BCUT2D eigenvalue weighted by atomic mass is 16.2. The molecule has 0 spiro atoms. The molecule has 0 saturated carbocycles. The Morgan fingerprint density at radius 1 is 1.22 bits per heavy atom. The molecule has 2 fully saturated rings. The van der Waals surface area contributed by atoms with Crippen molar-refractivity contribution in [1.82, 2.24) is 9.80 Å². The van der Waals surface area contributed by atoms with E-state index in [4.69, 9.17) is 5.26 Å². The van der Waals surface area contributed by atoms with Crippen molar-refractivity contribution >= 4 is 5.91 Å². The molecule has 1 aromatic carbocycles. The van der Waals surface area contributed by atoms with Crippen LogP contribution in [0.1, 0.15) is 55.5 Å². The summed E-state index contributed by atoms with van der Waals surface area (Å²) in [6.07, 6.45) is 4.76. The number of nitriles is 1. The molecule has 2 aliphatic heterocycles. The van der Waals surface area contributed by atoms with Gasteiger partial charge in [0.15, 0.2) is 0 Å². The number of benzene rings is 1. The average molecular weight is 311 g/mol. The minimum atomic E-state index is 0.0614. The first-order valence-corrected chi connectivity index (χ1v) is 8.67. The summed E-state index contributed by atoms with van der Waals surface area (Å²) in [5.41, 5.74) is 1.18. The van der Waals surface area contributed by atoms with E-state index in [0.29, 0.717) is 29.3 Å². The normalized spacial score (nSPS) is 28.6. The Kier molecular flexibility index (Phi) is 4.68. The molecule has 0 radical (unpaired) electrons. The minimum absolute atomic E-state index is 0.0614. The molecule has 0 aliphatic carbocycles. The molecular weight excluding hydrogens is 286 g/mol. The second kappa shape index (κ2) is 6.72. The van der Waals surface area contributed by atoms with E-state index in [1.165, 1.54) is 19.3 Å². The Labute approximate surface area is 138 Å². The fraction of sp³-hybridized carbons (Fsp3) is 0.579. The van der Waals surface area contributed by atoms with E-state index in [0.717, 1.165) is 19.5 Å². The number of amides is 1. The van der Waals surface area contributed by atoms with Gasteiger partial charge in [0.25, 0.3) is 5.91 Å². The molecule has 122 valence electrons. The van der Waals surface area contributed by atoms with Gasteiger partial charge in [-0.15, -0.1) is 0 Å². The first-order valence-electron chi connectivity index (χ1n) is 8.67. The summed E-state index contributed by atoms with van der Waals surface area (Å²) in [5.74, 6) is 0.0614. The maximum Gasteiger partial charge on any atom is 0.253 e. The molecule has 4 nitrogen and oxygen atoms in total. The van der Waals surface area contributed by atoms with Crippen LogP contribution in [-0.4, -0.2) is 46.9 Å². The van der Waals surface area contributed by atoms with E-state index < -0.39 is 0 Å². The summed E-state index contributed by atoms with van der Waals surface area (Å²) in [6.45, 7) is 6.24. The van der Waals surface area contributed by atoms with Gasteiger partial charge in [-0.2, -0.15) is 5.26 Å². The zero-order chi connectivity index (χ0) is 16.4. The molecule has 1 aromatic rings. The number of carbonyl (C=O) groups is 1. The fourth-order valence-corrected chi connectivity index (χ4v) is 4.22. The number of hydrogen-bond donors (Lipinski definition) is 0. The lowest BCUT2D eigenvalue weighted by molar-refractivity contribution is 0.0487. The zero-order valence-corrected chi connectivity index (χ0v) is 14.0. The molecule has 2 saturated heterocycles. The van der Waals surface area contributed by atoms with Crippen molar-refractivity contribution in [1.29, 1.82) is 5.26 Å². The third kappa shape index (κ3) is 3.25. The van der Waals surface area contributed by atoms with Crippen LogP contribution < -0.4 is 0 Å². The fourth-order valence-electron chi connectivity index (χ4n) is 4.22. The quantitative estimate of drug-likeness (QED) is 0.843. The first kappa shape index (κ1) is 16.0. The monoisotopic (exact) mass is 311 g/mol. The highest BCUT2D eigenvalue weighted by molar-refractivity contribution is 5.94. The summed E-state index contributed by atoms with van der Waals surface area (Å²) in [6, 6.07) is 10.9. The van der Waals surface area contributed by atoms with Gasteiger partial charge in [0.2, 0.25) is 0 Å². The molecule has 0 aromatic heterocycles. The summed E-state index contributed by atoms with van der Waals surface area (Å²) >= 11 is 0. The van der Waals surface area contributed by atoms with Crippen LogP contribution in [0.25, 0.3) is 0 Å². The Bertz CT molecular complexity index is 611. The second-order valence-electron chi connectivity index (χ2n) is 6.96. The van der Waals surface area contributed by atoms with Crippen LogP contribution in [-0.2, 0) is 0 Å². The van der Waals surface area contributed by atoms with Gasteiger partial charge in [0.05, 0.1) is 11.6 Å². The second-order valence-corrected chi connectivity index (χ2v) is 6.96. The van der Waals surface area contributed by atoms with Crippen molar-refractivity contribution in [2.24, 2.45) is 0 Å². The van der Waals surface area contributed by atoms with Gasteiger partial charge in [-0.3, -0.25) is 9.69 Å². The maximum atomic E-state index is 12.8. The predicted octanol–water partition coefficient (Wildman–Crippen LogP) is 3.04. The lowest BCUT2D eigenvalue weighted by atomic mass is 10.0. The molecule has 3 unspecified atom stereocenters. The number of nitrogens with zero attached hydrogens (tertiary/aromatic N) is 3. The van der Waals surface area contributed by atoms with Crippen molar-refractivity contribution < 1.29 is 4.79 Å². The summed E-state index contributed by atoms with van der Waals surface area (Å²) in [7, 11) is 0. The molecule has 2 heterocycles. The Morgan fingerprint density at radius 2 is 1.96 bits per heavy atom. The van der Waals surface area contributed by atoms with Gasteiger partial charge in [-0.1, -0.05) is 6.07 Å². The van der Waals surface area contributed by atoms with E-state index in [2.05, 4.69) is 24.8 Å². The topological polar surface area (TPSA) is 47.3 Å². The molecule has 3 atom stereocenters. The van der Waals surface area contributed by atoms with E-state index in [1.807, 2.05) is 11.0 Å². The maximum absolute atomic E-state index is 12.8. The highest BCUT2D eigenvalue weighted by Crippen LogP contribution is 2.30. The molecule has 1 amide bonds. The van der Waals surface area contributed by atoms with E-state index in [-0.39, 0.29) is 5.91 Å². The van der Waals surface area contributed by atoms with Crippen molar-refractivity contribution in [3.05, 3.63) is 35.4 Å². The predicted molar refractivity (Wildman–Crippen MR) is 90.1 cm³/mol. The largest absolute Gasteiger partial charge is 0.337 e. The summed E-state index contributed by atoms with van der Waals surface area (Å²) < 4.78 is 0. The van der Waals surface area contributed by atoms with Crippen LogP contribution in [0.2, 0.25) is 0 Å².